The van der Waals surface area contributed by atoms with Crippen molar-refractivity contribution in [3.05, 3.63) is 53.3 Å². The topological polar surface area (TPSA) is 89.0 Å². The molecule has 3 aromatic rings. The molecule has 2 N–H and O–H groups in total. The number of nitrogens with zero attached hydrogens (tertiary/aromatic N) is 3. The van der Waals surface area contributed by atoms with Crippen LogP contribution in [0.2, 0.25) is 0 Å². The van der Waals surface area contributed by atoms with Gasteiger partial charge in [0.2, 0.25) is 5.91 Å². The third kappa shape index (κ3) is 4.84. The molecule has 0 bridgehead atoms. The third-order valence-corrected chi connectivity index (χ3v) is 4.46. The lowest BCUT2D eigenvalue weighted by Gasteiger charge is -2.06. The zero-order valence-electron chi connectivity index (χ0n) is 14.5. The lowest BCUT2D eigenvalue weighted by atomic mass is 10.3. The Morgan fingerprint density at radius 1 is 1.23 bits per heavy atom. The summed E-state index contributed by atoms with van der Waals surface area (Å²) in [6.45, 7) is 2.33. The highest BCUT2D eigenvalue weighted by molar-refractivity contribution is 7.15. The number of nitrogens with one attached hydrogen (secondary N) is 2. The van der Waals surface area contributed by atoms with Crippen molar-refractivity contribution in [1.82, 2.24) is 20.3 Å². The molecule has 7 nitrogen and oxygen atoms in total. The van der Waals surface area contributed by atoms with Gasteiger partial charge in [-0.2, -0.15) is 0 Å². The molecule has 0 aliphatic rings. The second kappa shape index (κ2) is 8.50. The Morgan fingerprint density at radius 2 is 2.12 bits per heavy atom. The number of carbonyl (C=O) groups is 1. The molecule has 0 fully saturated rings. The van der Waals surface area contributed by atoms with Crippen molar-refractivity contribution >= 4 is 28.9 Å². The second-order valence-electron chi connectivity index (χ2n) is 5.54. The molecule has 0 unspecified atom stereocenters. The molecule has 0 atom stereocenters. The molecule has 1 amide bonds. The lowest BCUT2D eigenvalue weighted by molar-refractivity contribution is -0.125. The zero-order chi connectivity index (χ0) is 18.4. The minimum atomic E-state index is -0.160. The molecule has 3 aromatic heterocycles. The van der Waals surface area contributed by atoms with Gasteiger partial charge in [0.1, 0.15) is 23.3 Å². The number of aromatic nitrogens is 3. The van der Waals surface area contributed by atoms with Crippen molar-refractivity contribution in [2.24, 2.45) is 0 Å². The first kappa shape index (κ1) is 18.0. The number of rotatable bonds is 7. The summed E-state index contributed by atoms with van der Waals surface area (Å²) in [5, 5.41) is 6.51. The summed E-state index contributed by atoms with van der Waals surface area (Å²) < 4.78 is 5.33. The van der Waals surface area contributed by atoms with Crippen LogP contribution in [-0.4, -0.2) is 34.5 Å². The first-order valence-electron chi connectivity index (χ1n) is 8.04. The van der Waals surface area contributed by atoms with Gasteiger partial charge in [0.05, 0.1) is 17.2 Å². The fourth-order valence-electron chi connectivity index (χ4n) is 2.18. The van der Waals surface area contributed by atoms with Crippen molar-refractivity contribution in [1.29, 1.82) is 0 Å². The molecule has 0 aliphatic heterocycles. The number of hydrogen-bond donors (Lipinski definition) is 2. The quantitative estimate of drug-likeness (QED) is 0.666. The minimum Gasteiger partial charge on any atom is -0.364 e. The van der Waals surface area contributed by atoms with E-state index in [2.05, 4.69) is 25.6 Å². The number of aryl methyl sites for hydroxylation is 1. The van der Waals surface area contributed by atoms with Crippen LogP contribution in [0.15, 0.2) is 42.7 Å². The van der Waals surface area contributed by atoms with Gasteiger partial charge in [-0.1, -0.05) is 6.07 Å². The molecule has 0 spiro atoms. The van der Waals surface area contributed by atoms with Crippen molar-refractivity contribution < 1.29 is 9.53 Å². The maximum absolute atomic E-state index is 11.2. The van der Waals surface area contributed by atoms with Gasteiger partial charge in [-0.15, -0.1) is 11.3 Å². The zero-order valence-corrected chi connectivity index (χ0v) is 15.3. The molecule has 134 valence electrons. The summed E-state index contributed by atoms with van der Waals surface area (Å²) in [4.78, 5) is 25.3. The van der Waals surface area contributed by atoms with Crippen LogP contribution in [-0.2, 0) is 16.1 Å². The summed E-state index contributed by atoms with van der Waals surface area (Å²) in [6.07, 6.45) is 3.52. The van der Waals surface area contributed by atoms with Crippen LogP contribution in [0.1, 0.15) is 10.6 Å². The molecule has 0 aromatic carbocycles. The molecule has 3 rings (SSSR count). The van der Waals surface area contributed by atoms with E-state index in [9.17, 15) is 4.79 Å². The van der Waals surface area contributed by atoms with E-state index < -0.39 is 0 Å². The van der Waals surface area contributed by atoms with Gasteiger partial charge >= 0.3 is 0 Å². The summed E-state index contributed by atoms with van der Waals surface area (Å²) in [6, 6.07) is 9.66. The first-order chi connectivity index (χ1) is 12.6. The van der Waals surface area contributed by atoms with Gasteiger partial charge in [0, 0.05) is 19.4 Å². The lowest BCUT2D eigenvalue weighted by Crippen LogP contribution is -2.23. The van der Waals surface area contributed by atoms with E-state index in [1.165, 1.54) is 11.3 Å². The van der Waals surface area contributed by atoms with Crippen LogP contribution in [0.4, 0.5) is 11.6 Å². The highest BCUT2D eigenvalue weighted by Crippen LogP contribution is 2.26. The molecule has 26 heavy (non-hydrogen) atoms. The van der Waals surface area contributed by atoms with Gasteiger partial charge in [-0.3, -0.25) is 4.79 Å². The molecule has 0 saturated carbocycles. The maximum atomic E-state index is 11.2. The Bertz CT molecular complexity index is 897. The number of carbonyl (C=O) groups excluding carboxylic acids is 1. The summed E-state index contributed by atoms with van der Waals surface area (Å²) in [5.41, 5.74) is 1.94. The molecule has 0 aliphatic carbocycles. The van der Waals surface area contributed by atoms with E-state index in [-0.39, 0.29) is 12.5 Å². The predicted molar refractivity (Wildman–Crippen MR) is 101 cm³/mol. The number of thiazole rings is 1. The molecule has 0 saturated heterocycles. The van der Waals surface area contributed by atoms with Gasteiger partial charge in [-0.25, -0.2) is 15.0 Å². The molecule has 3 heterocycles. The standard InChI is InChI=1S/C18H19N5O2S/c1-12-6-7-20-16(8-12)23-15-5-3-4-13(22-15)14-9-21-18(26-14)11-25-10-17(24)19-2/h3-9H,10-11H2,1-2H3,(H,19,24)(H,20,22,23). The summed E-state index contributed by atoms with van der Waals surface area (Å²) in [7, 11) is 1.58. The van der Waals surface area contributed by atoms with Crippen molar-refractivity contribution in [2.45, 2.75) is 13.5 Å². The minimum absolute atomic E-state index is 0.0204. The Morgan fingerprint density at radius 3 is 2.92 bits per heavy atom. The third-order valence-electron chi connectivity index (χ3n) is 3.46. The van der Waals surface area contributed by atoms with E-state index >= 15 is 0 Å². The van der Waals surface area contributed by atoms with Crippen LogP contribution in [0, 0.1) is 6.92 Å². The number of amides is 1. The molecular formula is C18H19N5O2S. The fraction of sp³-hybridized carbons (Fsp3) is 0.222. The van der Waals surface area contributed by atoms with Crippen LogP contribution in [0.25, 0.3) is 10.6 Å². The summed E-state index contributed by atoms with van der Waals surface area (Å²) >= 11 is 1.49. The van der Waals surface area contributed by atoms with E-state index in [0.717, 1.165) is 27.0 Å². The molecular weight excluding hydrogens is 350 g/mol. The average molecular weight is 369 g/mol. The average Bonchev–Trinajstić information content (AvgIpc) is 3.11. The predicted octanol–water partition coefficient (Wildman–Crippen LogP) is 2.91. The Hall–Kier alpha value is -2.84. The van der Waals surface area contributed by atoms with Crippen LogP contribution in [0.5, 0.6) is 0 Å². The second-order valence-corrected chi connectivity index (χ2v) is 6.65. The largest absolute Gasteiger partial charge is 0.364 e. The van der Waals surface area contributed by atoms with E-state index in [1.807, 2.05) is 37.3 Å². The smallest absolute Gasteiger partial charge is 0.245 e. The SMILES string of the molecule is CNC(=O)COCc1ncc(-c2cccc(Nc3cc(C)ccn3)n2)s1. The van der Waals surface area contributed by atoms with E-state index in [1.54, 1.807) is 19.4 Å². The Labute approximate surface area is 155 Å². The van der Waals surface area contributed by atoms with Crippen molar-refractivity contribution in [3.63, 3.8) is 0 Å². The fourth-order valence-corrected chi connectivity index (χ4v) is 3.00. The van der Waals surface area contributed by atoms with Gasteiger partial charge in [0.15, 0.2) is 0 Å². The number of ether oxygens (including phenoxy) is 1. The first-order valence-corrected chi connectivity index (χ1v) is 8.86. The highest BCUT2D eigenvalue weighted by atomic mass is 32.1. The van der Waals surface area contributed by atoms with Gasteiger partial charge < -0.3 is 15.4 Å². The number of anilines is 2. The summed E-state index contributed by atoms with van der Waals surface area (Å²) in [5.74, 6) is 1.31. The van der Waals surface area contributed by atoms with Gasteiger partial charge in [-0.05, 0) is 36.8 Å². The van der Waals surface area contributed by atoms with E-state index in [4.69, 9.17) is 4.74 Å². The van der Waals surface area contributed by atoms with Gasteiger partial charge in [0.25, 0.3) is 0 Å². The molecule has 0 radical (unpaired) electrons. The van der Waals surface area contributed by atoms with Crippen molar-refractivity contribution in [3.8, 4) is 10.6 Å². The number of hydrogen-bond acceptors (Lipinski definition) is 7. The number of likely N-dealkylation sites (N-methyl/N-ethyl adjacent to an activating group) is 1. The maximum Gasteiger partial charge on any atom is 0.245 e. The van der Waals surface area contributed by atoms with Crippen molar-refractivity contribution in [2.75, 3.05) is 19.0 Å². The van der Waals surface area contributed by atoms with Crippen LogP contribution in [0.3, 0.4) is 0 Å². The Balaban J connectivity index is 1.67. The monoisotopic (exact) mass is 369 g/mol. The highest BCUT2D eigenvalue weighted by Gasteiger charge is 2.08. The van der Waals surface area contributed by atoms with Crippen LogP contribution < -0.4 is 10.6 Å². The van der Waals surface area contributed by atoms with E-state index in [0.29, 0.717) is 12.4 Å². The molecule has 8 heteroatoms. The Kier molecular flexibility index (Phi) is 5.88. The normalized spacial score (nSPS) is 10.5. The van der Waals surface area contributed by atoms with Crippen LogP contribution >= 0.6 is 11.3 Å². The number of pyridine rings is 2.